The van der Waals surface area contributed by atoms with Crippen molar-refractivity contribution >= 4 is 23.3 Å². The summed E-state index contributed by atoms with van der Waals surface area (Å²) in [6, 6.07) is 17.4. The van der Waals surface area contributed by atoms with E-state index in [-0.39, 0.29) is 18.5 Å². The summed E-state index contributed by atoms with van der Waals surface area (Å²) in [4.78, 5) is 28.8. The van der Waals surface area contributed by atoms with Crippen molar-refractivity contribution < 1.29 is 23.1 Å². The Hall–Kier alpha value is -3.94. The van der Waals surface area contributed by atoms with Crippen LogP contribution in [0.1, 0.15) is 22.3 Å². The topological polar surface area (TPSA) is 61.9 Å². The molecule has 4 rings (SSSR count). The molecule has 1 heterocycles. The number of urea groups is 1. The molecule has 0 atom stereocenters. The normalized spacial score (nSPS) is 13.7. The number of amides is 3. The Bertz CT molecular complexity index is 1170. The number of benzene rings is 3. The second-order valence-electron chi connectivity index (χ2n) is 7.66. The molecule has 0 radical (unpaired) electrons. The fraction of sp³-hybridized carbons (Fsp3) is 0.200. The van der Waals surface area contributed by atoms with Crippen LogP contribution in [0.5, 0.6) is 5.75 Å². The first-order valence-corrected chi connectivity index (χ1v) is 10.5. The lowest BCUT2D eigenvalue weighted by molar-refractivity contribution is 0.102. The van der Waals surface area contributed by atoms with Crippen LogP contribution in [0.4, 0.5) is 25.0 Å². The minimum absolute atomic E-state index is 0.194. The first kappa shape index (κ1) is 22.3. The largest absolute Gasteiger partial charge is 0.496 e. The molecule has 6 nitrogen and oxygen atoms in total. The van der Waals surface area contributed by atoms with Crippen LogP contribution in [-0.4, -0.2) is 37.0 Å². The zero-order valence-corrected chi connectivity index (χ0v) is 18.1. The van der Waals surface area contributed by atoms with E-state index in [1.165, 1.54) is 13.2 Å². The average Bonchev–Trinajstić information content (AvgIpc) is 2.83. The summed E-state index contributed by atoms with van der Waals surface area (Å²) >= 11 is 0. The monoisotopic (exact) mass is 451 g/mol. The molecule has 1 aliphatic rings. The van der Waals surface area contributed by atoms with E-state index in [0.717, 1.165) is 18.6 Å². The van der Waals surface area contributed by atoms with Gasteiger partial charge in [0, 0.05) is 31.0 Å². The van der Waals surface area contributed by atoms with Crippen molar-refractivity contribution in [1.82, 2.24) is 4.90 Å². The van der Waals surface area contributed by atoms with Crippen LogP contribution < -0.4 is 15.0 Å². The number of carbonyl (C=O) groups is 2. The molecule has 170 valence electrons. The van der Waals surface area contributed by atoms with E-state index >= 15 is 0 Å². The van der Waals surface area contributed by atoms with E-state index in [1.807, 2.05) is 0 Å². The van der Waals surface area contributed by atoms with Gasteiger partial charge in [-0.1, -0.05) is 18.2 Å². The Labute approximate surface area is 190 Å². The van der Waals surface area contributed by atoms with Crippen LogP contribution in [0, 0.1) is 11.6 Å². The van der Waals surface area contributed by atoms with Crippen LogP contribution in [0.25, 0.3) is 0 Å². The lowest BCUT2D eigenvalue weighted by Gasteiger charge is -2.35. The molecule has 0 saturated carbocycles. The summed E-state index contributed by atoms with van der Waals surface area (Å²) in [5.41, 5.74) is 2.21. The van der Waals surface area contributed by atoms with Gasteiger partial charge in [-0.15, -0.1) is 0 Å². The van der Waals surface area contributed by atoms with Gasteiger partial charge in [0.1, 0.15) is 5.75 Å². The minimum atomic E-state index is -0.931. The molecule has 0 bridgehead atoms. The summed E-state index contributed by atoms with van der Waals surface area (Å²) < 4.78 is 31.9. The summed E-state index contributed by atoms with van der Waals surface area (Å²) in [7, 11) is 1.51. The standard InChI is InChI=1S/C25H23F2N3O3/c1-33-23-6-3-2-5-20(23)24(31)28-18-8-10-19(11-9-18)30-14-4-13-29(25(30)32)16-17-7-12-21(26)22(27)15-17/h2-3,5-12,15H,4,13-14,16H2,1H3,(H,28,31). The maximum atomic E-state index is 13.5. The number of nitrogens with zero attached hydrogens (tertiary/aromatic N) is 2. The van der Waals surface area contributed by atoms with E-state index in [0.29, 0.717) is 41.3 Å². The van der Waals surface area contributed by atoms with Gasteiger partial charge in [-0.3, -0.25) is 9.69 Å². The lowest BCUT2D eigenvalue weighted by Crippen LogP contribution is -2.49. The van der Waals surface area contributed by atoms with Crippen molar-refractivity contribution in [2.45, 2.75) is 13.0 Å². The fourth-order valence-electron chi connectivity index (χ4n) is 3.78. The van der Waals surface area contributed by atoms with Crippen molar-refractivity contribution in [1.29, 1.82) is 0 Å². The number of hydrogen-bond acceptors (Lipinski definition) is 3. The van der Waals surface area contributed by atoms with Crippen LogP contribution in [0.2, 0.25) is 0 Å². The lowest BCUT2D eigenvalue weighted by atomic mass is 10.1. The highest BCUT2D eigenvalue weighted by atomic mass is 19.2. The van der Waals surface area contributed by atoms with Gasteiger partial charge in [0.05, 0.1) is 12.7 Å². The van der Waals surface area contributed by atoms with Crippen molar-refractivity contribution in [2.24, 2.45) is 0 Å². The highest BCUT2D eigenvalue weighted by Gasteiger charge is 2.27. The average molecular weight is 451 g/mol. The third kappa shape index (κ3) is 4.95. The third-order valence-electron chi connectivity index (χ3n) is 5.46. The molecule has 3 amide bonds. The molecule has 1 aliphatic heterocycles. The SMILES string of the molecule is COc1ccccc1C(=O)Nc1ccc(N2CCCN(Cc3ccc(F)c(F)c3)C2=O)cc1. The number of halogens is 2. The number of methoxy groups -OCH3 is 1. The Balaban J connectivity index is 1.44. The summed E-state index contributed by atoms with van der Waals surface area (Å²) in [6.45, 7) is 1.26. The van der Waals surface area contributed by atoms with Gasteiger partial charge in [-0.25, -0.2) is 13.6 Å². The molecule has 8 heteroatoms. The van der Waals surface area contributed by atoms with Crippen molar-refractivity contribution in [3.63, 3.8) is 0 Å². The highest BCUT2D eigenvalue weighted by molar-refractivity contribution is 6.06. The molecule has 0 aliphatic carbocycles. The maximum Gasteiger partial charge on any atom is 0.324 e. The third-order valence-corrected chi connectivity index (χ3v) is 5.46. The smallest absolute Gasteiger partial charge is 0.324 e. The number of ether oxygens (including phenoxy) is 1. The highest BCUT2D eigenvalue weighted by Crippen LogP contribution is 2.25. The van der Waals surface area contributed by atoms with Gasteiger partial charge < -0.3 is 15.0 Å². The summed E-state index contributed by atoms with van der Waals surface area (Å²) in [6.07, 6.45) is 0.738. The molecule has 1 N–H and O–H groups in total. The Kier molecular flexibility index (Phi) is 6.53. The maximum absolute atomic E-state index is 13.5. The predicted molar refractivity (Wildman–Crippen MR) is 122 cm³/mol. The molecule has 0 spiro atoms. The van der Waals surface area contributed by atoms with Crippen LogP contribution in [0.3, 0.4) is 0 Å². The van der Waals surface area contributed by atoms with Gasteiger partial charge in [-0.2, -0.15) is 0 Å². The minimum Gasteiger partial charge on any atom is -0.496 e. The molecule has 3 aromatic rings. The molecule has 1 fully saturated rings. The second kappa shape index (κ2) is 9.68. The molecule has 3 aromatic carbocycles. The van der Waals surface area contributed by atoms with E-state index in [9.17, 15) is 18.4 Å². The van der Waals surface area contributed by atoms with Crippen molar-refractivity contribution in [3.8, 4) is 5.75 Å². The zero-order chi connectivity index (χ0) is 23.4. The van der Waals surface area contributed by atoms with Crippen LogP contribution >= 0.6 is 0 Å². The number of rotatable bonds is 6. The van der Waals surface area contributed by atoms with Gasteiger partial charge in [0.2, 0.25) is 0 Å². The Morgan fingerprint density at radius 1 is 1.00 bits per heavy atom. The van der Waals surface area contributed by atoms with Gasteiger partial charge >= 0.3 is 6.03 Å². The Morgan fingerprint density at radius 2 is 1.76 bits per heavy atom. The second-order valence-corrected chi connectivity index (χ2v) is 7.66. The van der Waals surface area contributed by atoms with E-state index in [2.05, 4.69) is 5.32 Å². The predicted octanol–water partition coefficient (Wildman–Crippen LogP) is 5.06. The first-order valence-electron chi connectivity index (χ1n) is 10.5. The molecule has 1 saturated heterocycles. The molecular formula is C25H23F2N3O3. The van der Waals surface area contributed by atoms with Gasteiger partial charge in [0.15, 0.2) is 11.6 Å². The summed E-state index contributed by atoms with van der Waals surface area (Å²) in [5, 5.41) is 2.83. The van der Waals surface area contributed by atoms with Crippen molar-refractivity contribution in [3.05, 3.63) is 89.5 Å². The number of hydrogen-bond donors (Lipinski definition) is 1. The molecule has 0 aromatic heterocycles. The molecule has 0 unspecified atom stereocenters. The zero-order valence-electron chi connectivity index (χ0n) is 18.1. The van der Waals surface area contributed by atoms with Crippen LogP contribution in [-0.2, 0) is 6.54 Å². The molecule has 33 heavy (non-hydrogen) atoms. The number of nitrogens with one attached hydrogen (secondary N) is 1. The number of para-hydroxylation sites is 1. The van der Waals surface area contributed by atoms with E-state index in [4.69, 9.17) is 4.74 Å². The fourth-order valence-corrected chi connectivity index (χ4v) is 3.78. The van der Waals surface area contributed by atoms with Crippen molar-refractivity contribution in [2.75, 3.05) is 30.4 Å². The Morgan fingerprint density at radius 3 is 2.48 bits per heavy atom. The number of anilines is 2. The molecular weight excluding hydrogens is 428 g/mol. The van der Waals surface area contributed by atoms with Gasteiger partial charge in [-0.05, 0) is 60.5 Å². The quantitative estimate of drug-likeness (QED) is 0.570. The van der Waals surface area contributed by atoms with E-state index in [1.54, 1.807) is 58.3 Å². The number of carbonyl (C=O) groups excluding carboxylic acids is 2. The van der Waals surface area contributed by atoms with E-state index < -0.39 is 11.6 Å². The van der Waals surface area contributed by atoms with Crippen LogP contribution in [0.15, 0.2) is 66.7 Å². The summed E-state index contributed by atoms with van der Waals surface area (Å²) in [5.74, 6) is -1.67. The van der Waals surface area contributed by atoms with Gasteiger partial charge in [0.25, 0.3) is 5.91 Å². The first-order chi connectivity index (χ1) is 16.0.